The van der Waals surface area contributed by atoms with E-state index in [0.29, 0.717) is 12.3 Å². The van der Waals surface area contributed by atoms with Gasteiger partial charge in [0.2, 0.25) is 0 Å². The maximum Gasteiger partial charge on any atom is 0.330 e. The molecule has 0 heterocycles. The van der Waals surface area contributed by atoms with E-state index in [9.17, 15) is 9.13 Å². The molecule has 0 unspecified atom stereocenters. The van der Waals surface area contributed by atoms with Crippen LogP contribution in [0.5, 0.6) is 0 Å². The summed E-state index contributed by atoms with van der Waals surface area (Å²) < 4.78 is 43.2. The van der Waals surface area contributed by atoms with E-state index in [0.717, 1.165) is 51.4 Å². The fourth-order valence-corrected chi connectivity index (χ4v) is 4.44. The molecule has 0 aliphatic carbocycles. The van der Waals surface area contributed by atoms with E-state index in [-0.39, 0.29) is 0 Å². The summed E-state index contributed by atoms with van der Waals surface area (Å²) in [6, 6.07) is 0. The Bertz CT molecular complexity index is 311. The van der Waals surface area contributed by atoms with Gasteiger partial charge in [-0.1, -0.05) is 38.5 Å². The summed E-state index contributed by atoms with van der Waals surface area (Å²) in [4.78, 5) is 0. The summed E-state index contributed by atoms with van der Waals surface area (Å²) in [5.74, 6) is 0. The van der Waals surface area contributed by atoms with Crippen molar-refractivity contribution in [3.8, 4) is 0 Å². The van der Waals surface area contributed by atoms with Crippen LogP contribution in [0.2, 0.25) is 0 Å². The summed E-state index contributed by atoms with van der Waals surface area (Å²) >= 11 is 0. The van der Waals surface area contributed by atoms with Gasteiger partial charge in [-0.2, -0.15) is 0 Å². The van der Waals surface area contributed by atoms with Gasteiger partial charge >= 0.3 is 15.2 Å². The second-order valence-corrected chi connectivity index (χ2v) is 10.0. The van der Waals surface area contributed by atoms with Crippen LogP contribution in [0, 0.1) is 0 Å². The van der Waals surface area contributed by atoms with Crippen LogP contribution in [-0.4, -0.2) is 40.8 Å². The maximum atomic E-state index is 11.8. The SMILES string of the molecule is COP(=O)(CCCCCCCCCCP(=O)(OC)OC)OC. The summed E-state index contributed by atoms with van der Waals surface area (Å²) in [7, 11) is 0.0597. The van der Waals surface area contributed by atoms with Crippen LogP contribution in [0.3, 0.4) is 0 Å². The summed E-state index contributed by atoms with van der Waals surface area (Å²) in [6.07, 6.45) is 9.37. The third-order valence-electron chi connectivity index (χ3n) is 3.73. The molecule has 0 amide bonds. The van der Waals surface area contributed by atoms with E-state index in [2.05, 4.69) is 0 Å². The van der Waals surface area contributed by atoms with E-state index in [1.807, 2.05) is 0 Å². The minimum Gasteiger partial charge on any atom is -0.312 e. The van der Waals surface area contributed by atoms with Gasteiger partial charge in [0.1, 0.15) is 0 Å². The molecule has 0 radical (unpaired) electrons. The zero-order valence-electron chi connectivity index (χ0n) is 14.4. The lowest BCUT2D eigenvalue weighted by Crippen LogP contribution is -1.95. The Balaban J connectivity index is 3.45. The van der Waals surface area contributed by atoms with E-state index >= 15 is 0 Å². The van der Waals surface area contributed by atoms with E-state index in [1.165, 1.54) is 28.4 Å². The van der Waals surface area contributed by atoms with Gasteiger partial charge in [0, 0.05) is 28.4 Å². The van der Waals surface area contributed by atoms with E-state index in [4.69, 9.17) is 18.1 Å². The predicted molar refractivity (Wildman–Crippen MR) is 89.9 cm³/mol. The first-order valence-electron chi connectivity index (χ1n) is 7.86. The average molecular weight is 358 g/mol. The van der Waals surface area contributed by atoms with Gasteiger partial charge in [0.05, 0.1) is 12.3 Å². The second kappa shape index (κ2) is 12.7. The van der Waals surface area contributed by atoms with Crippen LogP contribution in [0.4, 0.5) is 0 Å². The molecule has 0 bridgehead atoms. The van der Waals surface area contributed by atoms with Crippen molar-refractivity contribution >= 4 is 15.2 Å². The Labute approximate surface area is 135 Å². The highest BCUT2D eigenvalue weighted by molar-refractivity contribution is 7.54. The largest absolute Gasteiger partial charge is 0.330 e. The van der Waals surface area contributed by atoms with Gasteiger partial charge < -0.3 is 18.1 Å². The summed E-state index contributed by atoms with van der Waals surface area (Å²) in [6.45, 7) is 0. The highest BCUT2D eigenvalue weighted by atomic mass is 31.2. The van der Waals surface area contributed by atoms with Crippen LogP contribution in [0.25, 0.3) is 0 Å². The third kappa shape index (κ3) is 10.1. The minimum absolute atomic E-state index is 0.489. The van der Waals surface area contributed by atoms with Crippen molar-refractivity contribution in [3.63, 3.8) is 0 Å². The van der Waals surface area contributed by atoms with E-state index in [1.54, 1.807) is 0 Å². The molecule has 22 heavy (non-hydrogen) atoms. The van der Waals surface area contributed by atoms with Gasteiger partial charge in [-0.3, -0.25) is 9.13 Å². The molecule has 6 nitrogen and oxygen atoms in total. The molecule has 134 valence electrons. The molecule has 0 aromatic heterocycles. The zero-order valence-corrected chi connectivity index (χ0v) is 16.2. The molecular weight excluding hydrogens is 326 g/mol. The molecule has 0 N–H and O–H groups in total. The smallest absolute Gasteiger partial charge is 0.312 e. The number of hydrogen-bond donors (Lipinski definition) is 0. The Kier molecular flexibility index (Phi) is 12.9. The van der Waals surface area contributed by atoms with Crippen LogP contribution in [0.15, 0.2) is 0 Å². The Morgan fingerprint density at radius 3 is 0.955 bits per heavy atom. The molecule has 0 rings (SSSR count). The van der Waals surface area contributed by atoms with Crippen molar-refractivity contribution in [1.29, 1.82) is 0 Å². The molecule has 0 saturated carbocycles. The third-order valence-corrected chi connectivity index (χ3v) is 7.68. The first-order valence-corrected chi connectivity index (χ1v) is 11.3. The molecule has 0 aromatic carbocycles. The normalized spacial score (nSPS) is 12.7. The number of hydrogen-bond acceptors (Lipinski definition) is 6. The highest BCUT2D eigenvalue weighted by Crippen LogP contribution is 2.47. The Hall–Kier alpha value is 0.300. The van der Waals surface area contributed by atoms with Crippen LogP contribution >= 0.6 is 15.2 Å². The lowest BCUT2D eigenvalue weighted by atomic mass is 10.1. The minimum atomic E-state index is -2.82. The van der Waals surface area contributed by atoms with Crippen molar-refractivity contribution in [2.24, 2.45) is 0 Å². The van der Waals surface area contributed by atoms with Crippen molar-refractivity contribution in [2.45, 2.75) is 51.4 Å². The molecule has 0 aliphatic rings. The summed E-state index contributed by atoms with van der Waals surface area (Å²) in [5.41, 5.74) is 0. The van der Waals surface area contributed by atoms with Gasteiger partial charge in [-0.15, -0.1) is 0 Å². The standard InChI is InChI=1S/C14H32O6P2/c1-17-21(15,18-2)13-11-9-7-5-6-8-10-12-14-22(16,19-3)20-4/h5-14H2,1-4H3. The quantitative estimate of drug-likeness (QED) is 0.300. The lowest BCUT2D eigenvalue weighted by molar-refractivity contribution is 0.274. The predicted octanol–water partition coefficient (Wildman–Crippen LogP) is 5.08. The molecule has 8 heteroatoms. The molecular formula is C14H32O6P2. The van der Waals surface area contributed by atoms with Gasteiger partial charge in [-0.25, -0.2) is 0 Å². The molecule has 0 fully saturated rings. The van der Waals surface area contributed by atoms with Crippen molar-refractivity contribution in [1.82, 2.24) is 0 Å². The first-order chi connectivity index (χ1) is 10.4. The van der Waals surface area contributed by atoms with Gasteiger partial charge in [0.25, 0.3) is 0 Å². The Morgan fingerprint density at radius 2 is 0.727 bits per heavy atom. The maximum absolute atomic E-state index is 11.8. The van der Waals surface area contributed by atoms with Crippen LogP contribution < -0.4 is 0 Å². The van der Waals surface area contributed by atoms with Crippen LogP contribution in [-0.2, 0) is 27.2 Å². The highest BCUT2D eigenvalue weighted by Gasteiger charge is 2.20. The van der Waals surface area contributed by atoms with Crippen LogP contribution in [0.1, 0.15) is 51.4 Å². The first kappa shape index (κ1) is 22.3. The number of rotatable bonds is 15. The topological polar surface area (TPSA) is 71.1 Å². The zero-order chi connectivity index (χ0) is 16.9. The van der Waals surface area contributed by atoms with Gasteiger partial charge in [-0.05, 0) is 12.8 Å². The van der Waals surface area contributed by atoms with E-state index < -0.39 is 15.2 Å². The average Bonchev–Trinajstić information content (AvgIpc) is 2.56. The second-order valence-electron chi connectivity index (χ2n) is 5.23. The van der Waals surface area contributed by atoms with Gasteiger partial charge in [0.15, 0.2) is 0 Å². The Morgan fingerprint density at radius 1 is 0.500 bits per heavy atom. The summed E-state index contributed by atoms with van der Waals surface area (Å²) in [5, 5.41) is 0. The molecule has 0 atom stereocenters. The molecule has 0 aliphatic heterocycles. The number of unbranched alkanes of at least 4 members (excludes halogenated alkanes) is 7. The molecule has 0 saturated heterocycles. The molecule has 0 spiro atoms. The fourth-order valence-electron chi connectivity index (χ4n) is 2.19. The monoisotopic (exact) mass is 358 g/mol. The fraction of sp³-hybridized carbons (Fsp3) is 1.00. The molecule has 0 aromatic rings. The lowest BCUT2D eigenvalue weighted by Gasteiger charge is -2.13. The van der Waals surface area contributed by atoms with Crippen molar-refractivity contribution in [3.05, 3.63) is 0 Å². The van der Waals surface area contributed by atoms with Crippen molar-refractivity contribution < 1.29 is 27.2 Å². The van der Waals surface area contributed by atoms with Crippen molar-refractivity contribution in [2.75, 3.05) is 40.8 Å².